The van der Waals surface area contributed by atoms with Crippen LogP contribution in [0.4, 0.5) is 0 Å². The summed E-state index contributed by atoms with van der Waals surface area (Å²) in [6.45, 7) is 3.20. The quantitative estimate of drug-likeness (QED) is 0.897. The summed E-state index contributed by atoms with van der Waals surface area (Å²) >= 11 is 3.31. The number of nitrogens with zero attached hydrogens (tertiary/aromatic N) is 1. The van der Waals surface area contributed by atoms with Crippen LogP contribution in [0.15, 0.2) is 21.2 Å². The number of nitrogens with one attached hydrogen (secondary N) is 1. The van der Waals surface area contributed by atoms with Gasteiger partial charge in [-0.05, 0) is 41.5 Å². The zero-order valence-corrected chi connectivity index (χ0v) is 9.88. The molecule has 1 fully saturated rings. The van der Waals surface area contributed by atoms with Crippen LogP contribution in [0.3, 0.4) is 0 Å². The van der Waals surface area contributed by atoms with Gasteiger partial charge in [0.2, 0.25) is 0 Å². The van der Waals surface area contributed by atoms with E-state index in [9.17, 15) is 0 Å². The molecule has 1 saturated heterocycles. The van der Waals surface area contributed by atoms with Crippen LogP contribution in [0.5, 0.6) is 0 Å². The van der Waals surface area contributed by atoms with Gasteiger partial charge in [0.25, 0.3) is 0 Å². The summed E-state index contributed by atoms with van der Waals surface area (Å²) < 4.78 is 6.29. The lowest BCUT2D eigenvalue weighted by Crippen LogP contribution is -2.29. The molecule has 0 amide bonds. The van der Waals surface area contributed by atoms with E-state index in [-0.39, 0.29) is 0 Å². The Morgan fingerprint density at radius 2 is 2.50 bits per heavy atom. The number of hydrogen-bond acceptors (Lipinski definition) is 3. The fraction of sp³-hybridized carbons (Fsp3) is 0.600. The topological polar surface area (TPSA) is 28.4 Å². The van der Waals surface area contributed by atoms with E-state index in [1.54, 1.807) is 0 Å². The van der Waals surface area contributed by atoms with Crippen molar-refractivity contribution >= 4 is 15.9 Å². The van der Waals surface area contributed by atoms with Gasteiger partial charge in [-0.2, -0.15) is 0 Å². The van der Waals surface area contributed by atoms with Gasteiger partial charge >= 0.3 is 0 Å². The summed E-state index contributed by atoms with van der Waals surface area (Å²) in [6.07, 6.45) is 1.23. The molecule has 1 atom stereocenters. The Morgan fingerprint density at radius 3 is 3.07 bits per heavy atom. The van der Waals surface area contributed by atoms with Gasteiger partial charge in [0.05, 0.1) is 6.54 Å². The van der Waals surface area contributed by atoms with E-state index in [4.69, 9.17) is 4.42 Å². The van der Waals surface area contributed by atoms with Gasteiger partial charge in [0, 0.05) is 19.1 Å². The molecule has 1 aromatic heterocycles. The fourth-order valence-corrected chi connectivity index (χ4v) is 2.21. The minimum absolute atomic E-state index is 0.647. The maximum Gasteiger partial charge on any atom is 0.169 e. The van der Waals surface area contributed by atoms with E-state index >= 15 is 0 Å². The number of hydrogen-bond donors (Lipinski definition) is 1. The molecule has 3 nitrogen and oxygen atoms in total. The number of halogens is 1. The largest absolute Gasteiger partial charge is 0.453 e. The zero-order valence-electron chi connectivity index (χ0n) is 8.29. The van der Waals surface area contributed by atoms with E-state index < -0.39 is 0 Å². The van der Waals surface area contributed by atoms with E-state index in [1.165, 1.54) is 6.42 Å². The van der Waals surface area contributed by atoms with Gasteiger partial charge in [-0.15, -0.1) is 0 Å². The Hall–Kier alpha value is -0.320. The molecular weight excluding hydrogens is 244 g/mol. The van der Waals surface area contributed by atoms with Gasteiger partial charge in [0.1, 0.15) is 5.76 Å². The molecule has 78 valence electrons. The average molecular weight is 259 g/mol. The highest BCUT2D eigenvalue weighted by atomic mass is 79.9. The lowest BCUT2D eigenvalue weighted by molar-refractivity contribution is 0.288. The third-order valence-electron chi connectivity index (χ3n) is 2.69. The number of likely N-dealkylation sites (tertiary alicyclic amines) is 1. The molecule has 0 aliphatic carbocycles. The Bertz CT molecular complexity index is 300. The summed E-state index contributed by atoms with van der Waals surface area (Å²) in [5, 5.41) is 3.30. The Labute approximate surface area is 92.6 Å². The third kappa shape index (κ3) is 2.38. The van der Waals surface area contributed by atoms with Crippen molar-refractivity contribution in [3.63, 3.8) is 0 Å². The van der Waals surface area contributed by atoms with Crippen molar-refractivity contribution in [2.24, 2.45) is 0 Å². The minimum atomic E-state index is 0.647. The summed E-state index contributed by atoms with van der Waals surface area (Å²) in [7, 11) is 2.03. The smallest absolute Gasteiger partial charge is 0.169 e. The second kappa shape index (κ2) is 4.47. The standard InChI is InChI=1S/C10H15BrN2O/c1-12-8-4-5-13(6-8)7-9-2-3-10(11)14-9/h2-3,8,12H,4-7H2,1H3. The summed E-state index contributed by atoms with van der Waals surface area (Å²) in [5.74, 6) is 1.04. The van der Waals surface area contributed by atoms with E-state index in [1.807, 2.05) is 19.2 Å². The third-order valence-corrected chi connectivity index (χ3v) is 3.12. The molecule has 1 unspecified atom stereocenters. The van der Waals surface area contributed by atoms with Crippen molar-refractivity contribution in [2.45, 2.75) is 19.0 Å². The molecule has 2 heterocycles. The van der Waals surface area contributed by atoms with Crippen molar-refractivity contribution in [2.75, 3.05) is 20.1 Å². The van der Waals surface area contributed by atoms with Gasteiger partial charge in [-0.3, -0.25) is 4.90 Å². The SMILES string of the molecule is CNC1CCN(Cc2ccc(Br)o2)C1. The summed E-state index contributed by atoms with van der Waals surface area (Å²) in [6, 6.07) is 4.62. The van der Waals surface area contributed by atoms with Gasteiger partial charge in [-0.25, -0.2) is 0 Å². The Morgan fingerprint density at radius 1 is 1.64 bits per heavy atom. The predicted molar refractivity (Wildman–Crippen MR) is 59.1 cm³/mol. The van der Waals surface area contributed by atoms with Crippen molar-refractivity contribution in [1.29, 1.82) is 0 Å². The maximum atomic E-state index is 5.47. The first-order valence-electron chi connectivity index (χ1n) is 4.92. The van der Waals surface area contributed by atoms with E-state index in [2.05, 4.69) is 26.1 Å². The molecule has 2 rings (SSSR count). The zero-order chi connectivity index (χ0) is 9.97. The van der Waals surface area contributed by atoms with E-state index in [0.717, 1.165) is 30.1 Å². The number of likely N-dealkylation sites (N-methyl/N-ethyl adjacent to an activating group) is 1. The van der Waals surface area contributed by atoms with Crippen LogP contribution in [0.2, 0.25) is 0 Å². The Kier molecular flexibility index (Phi) is 3.26. The van der Waals surface area contributed by atoms with Gasteiger partial charge in [-0.1, -0.05) is 0 Å². The molecule has 1 aliphatic rings. The highest BCUT2D eigenvalue weighted by Crippen LogP contribution is 2.18. The molecule has 1 aromatic rings. The van der Waals surface area contributed by atoms with Crippen LogP contribution >= 0.6 is 15.9 Å². The highest BCUT2D eigenvalue weighted by molar-refractivity contribution is 9.10. The van der Waals surface area contributed by atoms with Crippen molar-refractivity contribution in [3.05, 3.63) is 22.6 Å². The van der Waals surface area contributed by atoms with Crippen LogP contribution in [-0.2, 0) is 6.54 Å². The van der Waals surface area contributed by atoms with E-state index in [0.29, 0.717) is 6.04 Å². The second-order valence-corrected chi connectivity index (χ2v) is 4.50. The fourth-order valence-electron chi connectivity index (χ4n) is 1.87. The Balaban J connectivity index is 1.87. The lowest BCUT2D eigenvalue weighted by atomic mass is 10.3. The molecule has 0 aromatic carbocycles. The minimum Gasteiger partial charge on any atom is -0.453 e. The molecule has 1 N–H and O–H groups in total. The van der Waals surface area contributed by atoms with Crippen LogP contribution < -0.4 is 5.32 Å². The molecule has 0 saturated carbocycles. The predicted octanol–water partition coefficient (Wildman–Crippen LogP) is 1.84. The van der Waals surface area contributed by atoms with Crippen molar-refractivity contribution < 1.29 is 4.42 Å². The first-order chi connectivity index (χ1) is 6.78. The molecule has 0 spiro atoms. The van der Waals surface area contributed by atoms with Gasteiger partial charge in [0.15, 0.2) is 4.67 Å². The van der Waals surface area contributed by atoms with Crippen LogP contribution in [-0.4, -0.2) is 31.1 Å². The highest BCUT2D eigenvalue weighted by Gasteiger charge is 2.21. The first kappa shape index (κ1) is 10.2. The number of rotatable bonds is 3. The maximum absolute atomic E-state index is 5.47. The first-order valence-corrected chi connectivity index (χ1v) is 5.71. The summed E-state index contributed by atoms with van der Waals surface area (Å²) in [5.41, 5.74) is 0. The molecule has 0 bridgehead atoms. The average Bonchev–Trinajstić information content (AvgIpc) is 2.76. The normalized spacial score (nSPS) is 23.1. The van der Waals surface area contributed by atoms with Gasteiger partial charge < -0.3 is 9.73 Å². The summed E-state index contributed by atoms with van der Waals surface area (Å²) in [4.78, 5) is 2.41. The van der Waals surface area contributed by atoms with Crippen LogP contribution in [0.1, 0.15) is 12.2 Å². The lowest BCUT2D eigenvalue weighted by Gasteiger charge is -2.13. The van der Waals surface area contributed by atoms with Crippen molar-refractivity contribution in [1.82, 2.24) is 10.2 Å². The van der Waals surface area contributed by atoms with Crippen LogP contribution in [0.25, 0.3) is 0 Å². The molecule has 14 heavy (non-hydrogen) atoms. The second-order valence-electron chi connectivity index (χ2n) is 3.72. The van der Waals surface area contributed by atoms with Crippen molar-refractivity contribution in [3.8, 4) is 0 Å². The molecule has 1 aliphatic heterocycles. The van der Waals surface area contributed by atoms with Crippen LogP contribution in [0, 0.1) is 0 Å². The molecular formula is C10H15BrN2O. The molecule has 4 heteroatoms. The monoisotopic (exact) mass is 258 g/mol. The number of furan rings is 1. The molecule has 0 radical (unpaired) electrons.